The van der Waals surface area contributed by atoms with Crippen molar-refractivity contribution in [2.45, 2.75) is 12.5 Å². The first-order chi connectivity index (χ1) is 9.60. The molecule has 0 saturated carbocycles. The Morgan fingerprint density at radius 3 is 2.65 bits per heavy atom. The molecule has 0 radical (unpaired) electrons. The highest BCUT2D eigenvalue weighted by molar-refractivity contribution is 9.10. The standard InChI is InChI=1S/C14H15BrN2O3/c1-20-14(19)12(17-11-6-7-16-13(11)15)8-9-2-4-10(18)5-3-9/h2-7,12,16-18H,8H2,1H3/t12-/m0/s1. The van der Waals surface area contributed by atoms with Crippen molar-refractivity contribution >= 4 is 27.6 Å². The zero-order valence-electron chi connectivity index (χ0n) is 10.9. The Balaban J connectivity index is 2.13. The van der Waals surface area contributed by atoms with Crippen molar-refractivity contribution in [3.05, 3.63) is 46.7 Å². The van der Waals surface area contributed by atoms with Crippen molar-refractivity contribution in [2.75, 3.05) is 12.4 Å². The highest BCUT2D eigenvalue weighted by atomic mass is 79.9. The number of hydrogen-bond donors (Lipinski definition) is 3. The molecule has 106 valence electrons. The topological polar surface area (TPSA) is 74.3 Å². The minimum Gasteiger partial charge on any atom is -0.508 e. The molecular weight excluding hydrogens is 324 g/mol. The van der Waals surface area contributed by atoms with Crippen LogP contribution in [0, 0.1) is 0 Å². The van der Waals surface area contributed by atoms with Crippen LogP contribution in [-0.2, 0) is 16.0 Å². The van der Waals surface area contributed by atoms with Crippen LogP contribution in [0.15, 0.2) is 41.1 Å². The predicted molar refractivity (Wildman–Crippen MR) is 79.7 cm³/mol. The Morgan fingerprint density at radius 2 is 2.10 bits per heavy atom. The molecule has 0 spiro atoms. The quantitative estimate of drug-likeness (QED) is 0.733. The smallest absolute Gasteiger partial charge is 0.328 e. The van der Waals surface area contributed by atoms with E-state index in [1.54, 1.807) is 30.5 Å². The molecule has 0 aliphatic heterocycles. The number of carbonyl (C=O) groups is 1. The van der Waals surface area contributed by atoms with Gasteiger partial charge in [0.2, 0.25) is 0 Å². The molecule has 1 heterocycles. The second-order valence-corrected chi connectivity index (χ2v) is 5.09. The van der Waals surface area contributed by atoms with E-state index in [0.29, 0.717) is 6.42 Å². The molecule has 6 heteroatoms. The molecule has 0 saturated heterocycles. The molecule has 20 heavy (non-hydrogen) atoms. The van der Waals surface area contributed by atoms with Gasteiger partial charge in [0.1, 0.15) is 16.4 Å². The fourth-order valence-electron chi connectivity index (χ4n) is 1.85. The van der Waals surface area contributed by atoms with Crippen molar-refractivity contribution in [3.8, 4) is 5.75 Å². The maximum absolute atomic E-state index is 11.9. The number of methoxy groups -OCH3 is 1. The minimum absolute atomic E-state index is 0.199. The average molecular weight is 339 g/mol. The van der Waals surface area contributed by atoms with Crippen LogP contribution in [0.3, 0.4) is 0 Å². The van der Waals surface area contributed by atoms with E-state index in [0.717, 1.165) is 15.9 Å². The fourth-order valence-corrected chi connectivity index (χ4v) is 2.23. The Morgan fingerprint density at radius 1 is 1.40 bits per heavy atom. The zero-order chi connectivity index (χ0) is 14.5. The van der Waals surface area contributed by atoms with Crippen LogP contribution in [0.4, 0.5) is 5.69 Å². The molecule has 5 nitrogen and oxygen atoms in total. The third-order valence-electron chi connectivity index (χ3n) is 2.89. The predicted octanol–water partition coefficient (Wildman–Crippen LogP) is 2.68. The third kappa shape index (κ3) is 3.54. The molecule has 0 unspecified atom stereocenters. The number of aromatic nitrogens is 1. The number of ether oxygens (including phenoxy) is 1. The lowest BCUT2D eigenvalue weighted by Crippen LogP contribution is -2.32. The lowest BCUT2D eigenvalue weighted by molar-refractivity contribution is -0.141. The second-order valence-electron chi connectivity index (χ2n) is 4.30. The number of aromatic hydroxyl groups is 1. The summed E-state index contributed by atoms with van der Waals surface area (Å²) in [6, 6.07) is 8.07. The van der Waals surface area contributed by atoms with E-state index in [9.17, 15) is 9.90 Å². The van der Waals surface area contributed by atoms with Gasteiger partial charge in [-0.2, -0.15) is 0 Å². The summed E-state index contributed by atoms with van der Waals surface area (Å²) < 4.78 is 5.60. The van der Waals surface area contributed by atoms with E-state index in [2.05, 4.69) is 26.2 Å². The van der Waals surface area contributed by atoms with Crippen LogP contribution in [0.1, 0.15) is 5.56 Å². The van der Waals surface area contributed by atoms with Gasteiger partial charge in [0.05, 0.1) is 12.8 Å². The molecule has 0 amide bonds. The van der Waals surface area contributed by atoms with Gasteiger partial charge in [-0.1, -0.05) is 12.1 Å². The van der Waals surface area contributed by atoms with E-state index in [-0.39, 0.29) is 11.7 Å². The first-order valence-corrected chi connectivity index (χ1v) is 6.84. The number of benzene rings is 1. The van der Waals surface area contributed by atoms with Crippen LogP contribution in [0.25, 0.3) is 0 Å². The number of phenolic OH excluding ortho intramolecular Hbond substituents is 1. The lowest BCUT2D eigenvalue weighted by atomic mass is 10.1. The highest BCUT2D eigenvalue weighted by Gasteiger charge is 2.20. The summed E-state index contributed by atoms with van der Waals surface area (Å²) in [6.45, 7) is 0. The van der Waals surface area contributed by atoms with Crippen molar-refractivity contribution in [1.82, 2.24) is 4.98 Å². The summed E-state index contributed by atoms with van der Waals surface area (Å²) in [6.07, 6.45) is 2.23. The van der Waals surface area contributed by atoms with Crippen LogP contribution in [0.2, 0.25) is 0 Å². The number of halogens is 1. The van der Waals surface area contributed by atoms with E-state index >= 15 is 0 Å². The van der Waals surface area contributed by atoms with Gasteiger partial charge < -0.3 is 20.1 Å². The van der Waals surface area contributed by atoms with Crippen molar-refractivity contribution in [1.29, 1.82) is 0 Å². The number of carbonyl (C=O) groups excluding carboxylic acids is 1. The van der Waals surface area contributed by atoms with E-state index in [1.165, 1.54) is 7.11 Å². The second kappa shape index (κ2) is 6.47. The molecule has 2 aromatic rings. The van der Waals surface area contributed by atoms with Gasteiger partial charge in [0.15, 0.2) is 0 Å². The van der Waals surface area contributed by atoms with Crippen molar-refractivity contribution in [2.24, 2.45) is 0 Å². The molecule has 0 aliphatic carbocycles. The normalized spacial score (nSPS) is 11.9. The van der Waals surface area contributed by atoms with Gasteiger partial charge in [0, 0.05) is 12.6 Å². The largest absolute Gasteiger partial charge is 0.508 e. The summed E-state index contributed by atoms with van der Waals surface area (Å²) in [5.41, 5.74) is 1.72. The monoisotopic (exact) mass is 338 g/mol. The number of H-pyrrole nitrogens is 1. The lowest BCUT2D eigenvalue weighted by Gasteiger charge is -2.17. The fraction of sp³-hybridized carbons (Fsp3) is 0.214. The van der Waals surface area contributed by atoms with Gasteiger partial charge in [-0.3, -0.25) is 0 Å². The molecule has 2 rings (SSSR count). The molecule has 1 aromatic carbocycles. The summed E-state index contributed by atoms with van der Waals surface area (Å²) in [4.78, 5) is 14.8. The molecule has 1 aromatic heterocycles. The Labute approximate surface area is 125 Å². The summed E-state index contributed by atoms with van der Waals surface area (Å²) >= 11 is 3.36. The molecular formula is C14H15BrN2O3. The third-order valence-corrected chi connectivity index (χ3v) is 3.54. The first-order valence-electron chi connectivity index (χ1n) is 6.05. The van der Waals surface area contributed by atoms with Crippen LogP contribution in [0.5, 0.6) is 5.75 Å². The van der Waals surface area contributed by atoms with Gasteiger partial charge in [-0.25, -0.2) is 4.79 Å². The molecule has 0 fully saturated rings. The number of aromatic amines is 1. The van der Waals surface area contributed by atoms with Gasteiger partial charge in [-0.05, 0) is 39.7 Å². The number of anilines is 1. The van der Waals surface area contributed by atoms with Gasteiger partial charge in [0.25, 0.3) is 0 Å². The van der Waals surface area contributed by atoms with Crippen LogP contribution < -0.4 is 5.32 Å². The van der Waals surface area contributed by atoms with Crippen molar-refractivity contribution < 1.29 is 14.6 Å². The van der Waals surface area contributed by atoms with Gasteiger partial charge >= 0.3 is 5.97 Å². The summed E-state index contributed by atoms with van der Waals surface area (Å²) in [7, 11) is 1.36. The number of phenols is 1. The Hall–Kier alpha value is -1.95. The van der Waals surface area contributed by atoms with E-state index in [4.69, 9.17) is 4.74 Å². The molecule has 0 bridgehead atoms. The SMILES string of the molecule is COC(=O)[C@H](Cc1ccc(O)cc1)Nc1cc[nH]c1Br. The summed E-state index contributed by atoms with van der Waals surface area (Å²) in [5.74, 6) is -0.143. The molecule has 1 atom stereocenters. The Kier molecular flexibility index (Phi) is 4.68. The maximum atomic E-state index is 11.9. The minimum atomic E-state index is -0.503. The summed E-state index contributed by atoms with van der Waals surface area (Å²) in [5, 5.41) is 12.4. The number of hydrogen-bond acceptors (Lipinski definition) is 4. The van der Waals surface area contributed by atoms with Crippen LogP contribution >= 0.6 is 15.9 Å². The molecule has 0 aliphatic rings. The number of esters is 1. The highest BCUT2D eigenvalue weighted by Crippen LogP contribution is 2.22. The van der Waals surface area contributed by atoms with E-state index < -0.39 is 6.04 Å². The first kappa shape index (κ1) is 14.5. The van der Waals surface area contributed by atoms with Crippen LogP contribution in [-0.4, -0.2) is 29.2 Å². The number of rotatable bonds is 5. The van der Waals surface area contributed by atoms with E-state index in [1.807, 2.05) is 6.07 Å². The molecule has 3 N–H and O–H groups in total. The van der Waals surface area contributed by atoms with Crippen molar-refractivity contribution in [3.63, 3.8) is 0 Å². The number of nitrogens with one attached hydrogen (secondary N) is 2. The zero-order valence-corrected chi connectivity index (χ0v) is 12.5. The Bertz CT molecular complexity index is 580. The maximum Gasteiger partial charge on any atom is 0.328 e. The van der Waals surface area contributed by atoms with Gasteiger partial charge in [-0.15, -0.1) is 0 Å². The average Bonchev–Trinajstić information content (AvgIpc) is 2.85.